The van der Waals surface area contributed by atoms with Crippen molar-refractivity contribution in [3.63, 3.8) is 0 Å². The minimum absolute atomic E-state index is 0.385. The molecule has 0 bridgehead atoms. The van der Waals surface area contributed by atoms with Crippen LogP contribution in [0.1, 0.15) is 79.6 Å². The number of hydrogen-bond donors (Lipinski definition) is 1. The van der Waals surface area contributed by atoms with Crippen LogP contribution in [0.3, 0.4) is 0 Å². The van der Waals surface area contributed by atoms with Gasteiger partial charge in [0.2, 0.25) is 0 Å². The fourth-order valence-corrected chi connectivity index (χ4v) is 4.64. The van der Waals surface area contributed by atoms with Crippen LogP contribution in [0.4, 0.5) is 0 Å². The van der Waals surface area contributed by atoms with Crippen LogP contribution in [0.25, 0.3) is 0 Å². The van der Waals surface area contributed by atoms with Gasteiger partial charge >= 0.3 is 0 Å². The Morgan fingerprint density at radius 2 is 2.00 bits per heavy atom. The van der Waals surface area contributed by atoms with Gasteiger partial charge in [-0.2, -0.15) is 10.4 Å². The van der Waals surface area contributed by atoms with Gasteiger partial charge < -0.3 is 4.74 Å². The molecule has 1 atom stereocenters. The van der Waals surface area contributed by atoms with E-state index < -0.39 is 0 Å². The van der Waals surface area contributed by atoms with Crippen molar-refractivity contribution in [2.24, 2.45) is 0 Å². The number of rotatable bonds is 5. The molecule has 1 N–H and O–H groups in total. The van der Waals surface area contributed by atoms with E-state index in [1.807, 2.05) is 12.1 Å². The summed E-state index contributed by atoms with van der Waals surface area (Å²) in [6.45, 7) is 2.88. The molecule has 148 valence electrons. The topological polar surface area (TPSA) is 77.8 Å². The molecule has 1 aromatic heterocycles. The van der Waals surface area contributed by atoms with Crippen LogP contribution < -0.4 is 4.74 Å². The van der Waals surface area contributed by atoms with E-state index in [-0.39, 0.29) is 0 Å². The summed E-state index contributed by atoms with van der Waals surface area (Å²) in [5.74, 6) is 3.67. The maximum absolute atomic E-state index is 9.32. The highest BCUT2D eigenvalue weighted by atomic mass is 16.5. The van der Waals surface area contributed by atoms with E-state index in [0.29, 0.717) is 23.1 Å². The second-order valence-electron chi connectivity index (χ2n) is 8.13. The quantitative estimate of drug-likeness (QED) is 0.846. The second-order valence-corrected chi connectivity index (χ2v) is 8.13. The predicted octanol–water partition coefficient (Wildman–Crippen LogP) is 4.11. The third-order valence-electron chi connectivity index (χ3n) is 6.17. The lowest BCUT2D eigenvalue weighted by Crippen LogP contribution is -2.34. The number of piperidine rings is 1. The molecule has 0 spiro atoms. The van der Waals surface area contributed by atoms with Crippen molar-refractivity contribution in [3.8, 4) is 11.8 Å². The lowest BCUT2D eigenvalue weighted by atomic mass is 9.89. The zero-order chi connectivity index (χ0) is 19.3. The summed E-state index contributed by atoms with van der Waals surface area (Å²) in [4.78, 5) is 7.35. The molecule has 6 heteroatoms. The van der Waals surface area contributed by atoms with Gasteiger partial charge in [-0.1, -0.05) is 25.3 Å². The molecule has 0 amide bonds. The Morgan fingerprint density at radius 1 is 1.18 bits per heavy atom. The number of nitrogens with zero attached hydrogens (tertiary/aromatic N) is 4. The zero-order valence-electron chi connectivity index (χ0n) is 16.7. The number of H-pyrrole nitrogens is 1. The van der Waals surface area contributed by atoms with E-state index in [9.17, 15) is 5.26 Å². The van der Waals surface area contributed by atoms with Crippen molar-refractivity contribution in [1.82, 2.24) is 20.1 Å². The number of nitrogens with one attached hydrogen (secondary N) is 1. The van der Waals surface area contributed by atoms with Crippen molar-refractivity contribution in [3.05, 3.63) is 41.0 Å². The Morgan fingerprint density at radius 3 is 2.79 bits per heavy atom. The van der Waals surface area contributed by atoms with Crippen molar-refractivity contribution in [2.75, 3.05) is 20.2 Å². The average molecular weight is 380 g/mol. The normalized spacial score (nSPS) is 21.4. The van der Waals surface area contributed by atoms with E-state index in [0.717, 1.165) is 49.7 Å². The SMILES string of the molecule is COc1ccc(CN2CCCC(c3n[nH]c(C4CCCCC4)n3)C2)cc1C#N. The third kappa shape index (κ3) is 4.20. The fraction of sp³-hybridized carbons (Fsp3) is 0.591. The number of aromatic nitrogens is 3. The molecule has 6 nitrogen and oxygen atoms in total. The van der Waals surface area contributed by atoms with Crippen molar-refractivity contribution in [2.45, 2.75) is 63.3 Å². The molecule has 2 aliphatic rings. The molecule has 1 unspecified atom stereocenters. The third-order valence-corrected chi connectivity index (χ3v) is 6.17. The molecule has 1 aliphatic carbocycles. The fourth-order valence-electron chi connectivity index (χ4n) is 4.64. The minimum Gasteiger partial charge on any atom is -0.495 e. The lowest BCUT2D eigenvalue weighted by molar-refractivity contribution is 0.196. The maximum Gasteiger partial charge on any atom is 0.155 e. The van der Waals surface area contributed by atoms with Gasteiger partial charge in [0.05, 0.1) is 12.7 Å². The van der Waals surface area contributed by atoms with Crippen LogP contribution >= 0.6 is 0 Å². The molecule has 28 heavy (non-hydrogen) atoms. The van der Waals surface area contributed by atoms with Crippen LogP contribution in [0, 0.1) is 11.3 Å². The summed E-state index contributed by atoms with van der Waals surface area (Å²) in [5, 5.41) is 17.1. The highest BCUT2D eigenvalue weighted by molar-refractivity contribution is 5.45. The average Bonchev–Trinajstić information content (AvgIpc) is 3.25. The molecule has 4 rings (SSSR count). The van der Waals surface area contributed by atoms with Crippen molar-refractivity contribution < 1.29 is 4.74 Å². The molecular formula is C22H29N5O. The van der Waals surface area contributed by atoms with E-state index in [1.54, 1.807) is 7.11 Å². The molecule has 1 aromatic carbocycles. The van der Waals surface area contributed by atoms with E-state index >= 15 is 0 Å². The van der Waals surface area contributed by atoms with E-state index in [4.69, 9.17) is 9.72 Å². The van der Waals surface area contributed by atoms with Crippen LogP contribution in [0.15, 0.2) is 18.2 Å². The number of aromatic amines is 1. The monoisotopic (exact) mass is 379 g/mol. The van der Waals surface area contributed by atoms with Gasteiger partial charge in [-0.05, 0) is 49.9 Å². The van der Waals surface area contributed by atoms with Crippen LogP contribution in [-0.2, 0) is 6.54 Å². The predicted molar refractivity (Wildman–Crippen MR) is 107 cm³/mol. The number of nitriles is 1. The lowest BCUT2D eigenvalue weighted by Gasteiger charge is -2.31. The van der Waals surface area contributed by atoms with Crippen LogP contribution in [-0.4, -0.2) is 40.3 Å². The Bertz CT molecular complexity index is 834. The van der Waals surface area contributed by atoms with Gasteiger partial charge in [0, 0.05) is 24.9 Å². The number of methoxy groups -OCH3 is 1. The molecule has 1 saturated carbocycles. The van der Waals surface area contributed by atoms with Gasteiger partial charge in [-0.25, -0.2) is 4.98 Å². The molecule has 1 aliphatic heterocycles. The van der Waals surface area contributed by atoms with Gasteiger partial charge in [0.1, 0.15) is 17.6 Å². The van der Waals surface area contributed by atoms with Crippen LogP contribution in [0.2, 0.25) is 0 Å². The highest BCUT2D eigenvalue weighted by Gasteiger charge is 2.26. The van der Waals surface area contributed by atoms with Crippen molar-refractivity contribution in [1.29, 1.82) is 5.26 Å². The first-order valence-electron chi connectivity index (χ1n) is 10.5. The number of hydrogen-bond acceptors (Lipinski definition) is 5. The van der Waals surface area contributed by atoms with Gasteiger partial charge in [0.25, 0.3) is 0 Å². The molecule has 1 saturated heterocycles. The molecule has 2 heterocycles. The summed E-state index contributed by atoms with van der Waals surface area (Å²) in [7, 11) is 1.60. The van der Waals surface area contributed by atoms with Gasteiger partial charge in [-0.15, -0.1) is 0 Å². The number of ether oxygens (including phenoxy) is 1. The Hall–Kier alpha value is -2.39. The van der Waals surface area contributed by atoms with Crippen LogP contribution in [0.5, 0.6) is 5.75 Å². The van der Waals surface area contributed by atoms with E-state index in [1.165, 1.54) is 32.1 Å². The second kappa shape index (κ2) is 8.74. The Balaban J connectivity index is 1.41. The summed E-state index contributed by atoms with van der Waals surface area (Å²) >= 11 is 0. The summed E-state index contributed by atoms with van der Waals surface area (Å²) < 4.78 is 5.25. The standard InChI is InChI=1S/C22H29N5O/c1-28-20-10-9-16(12-19(20)13-23)14-27-11-5-8-18(15-27)22-24-21(25-26-22)17-6-3-2-4-7-17/h9-10,12,17-18H,2-8,11,14-15H2,1H3,(H,24,25,26). The zero-order valence-corrected chi connectivity index (χ0v) is 16.7. The number of likely N-dealkylation sites (tertiary alicyclic amines) is 1. The molecule has 2 aromatic rings. The van der Waals surface area contributed by atoms with E-state index in [2.05, 4.69) is 27.2 Å². The molecule has 2 fully saturated rings. The number of benzene rings is 1. The molecule has 0 radical (unpaired) electrons. The Kier molecular flexibility index (Phi) is 5.92. The largest absolute Gasteiger partial charge is 0.495 e. The van der Waals surface area contributed by atoms with Gasteiger partial charge in [-0.3, -0.25) is 10.00 Å². The first-order chi connectivity index (χ1) is 13.8. The molecular weight excluding hydrogens is 350 g/mol. The van der Waals surface area contributed by atoms with Crippen molar-refractivity contribution >= 4 is 0 Å². The summed E-state index contributed by atoms with van der Waals surface area (Å²) in [6.07, 6.45) is 8.75. The minimum atomic E-state index is 0.385. The van der Waals surface area contributed by atoms with Gasteiger partial charge in [0.15, 0.2) is 5.82 Å². The Labute approximate surface area is 166 Å². The summed E-state index contributed by atoms with van der Waals surface area (Å²) in [6, 6.07) is 8.11. The first-order valence-corrected chi connectivity index (χ1v) is 10.5. The smallest absolute Gasteiger partial charge is 0.155 e. The summed E-state index contributed by atoms with van der Waals surface area (Å²) in [5.41, 5.74) is 1.75. The maximum atomic E-state index is 9.32. The highest BCUT2D eigenvalue weighted by Crippen LogP contribution is 2.32. The first kappa shape index (κ1) is 18.9.